The lowest BCUT2D eigenvalue weighted by Crippen LogP contribution is -2.26. The predicted octanol–water partition coefficient (Wildman–Crippen LogP) is 5.18. The number of carbonyl (C=O) groups excluding carboxylic acids is 1. The number of aromatic nitrogens is 2. The van der Waals surface area contributed by atoms with Crippen LogP contribution < -0.4 is 20.3 Å². The summed E-state index contributed by atoms with van der Waals surface area (Å²) < 4.78 is 12.1. The third-order valence-corrected chi connectivity index (χ3v) is 6.49. The molecule has 1 N–H and O–H groups in total. The van der Waals surface area contributed by atoms with Crippen molar-refractivity contribution in [3.63, 3.8) is 0 Å². The topological polar surface area (TPSA) is 82.5 Å². The first-order chi connectivity index (χ1) is 16.4. The molecule has 0 aliphatic heterocycles. The van der Waals surface area contributed by atoms with Gasteiger partial charge in [-0.05, 0) is 37.3 Å². The molecule has 1 atom stereocenters. The number of ether oxygens (including phenoxy) is 2. The van der Waals surface area contributed by atoms with Gasteiger partial charge in [-0.25, -0.2) is 4.98 Å². The van der Waals surface area contributed by atoms with Gasteiger partial charge < -0.3 is 14.8 Å². The van der Waals surface area contributed by atoms with E-state index in [1.54, 1.807) is 37.3 Å². The average molecular weight is 496 g/mol. The van der Waals surface area contributed by atoms with Crippen LogP contribution in [-0.2, 0) is 4.79 Å². The second-order valence-electron chi connectivity index (χ2n) is 7.32. The first-order valence-electron chi connectivity index (χ1n) is 10.4. The Balaban J connectivity index is 1.68. The van der Waals surface area contributed by atoms with E-state index in [-0.39, 0.29) is 11.5 Å². The smallest absolute Gasteiger partial charge is 0.266 e. The van der Waals surface area contributed by atoms with Crippen LogP contribution >= 0.6 is 23.4 Å². The van der Waals surface area contributed by atoms with Gasteiger partial charge in [0.1, 0.15) is 11.5 Å². The van der Waals surface area contributed by atoms with Gasteiger partial charge in [0.05, 0.1) is 46.8 Å². The standard InChI is InChI=1S/C25H22ClN3O4S/c1-15(23(30)27-20-13-18(26)21(32-2)14-22(20)33-3)34-25-28-19-12-8-7-11-17(19)24(31)29(25)16-9-5-4-6-10-16/h4-15H,1-3H3,(H,27,30). The van der Waals surface area contributed by atoms with E-state index in [9.17, 15) is 9.59 Å². The van der Waals surface area contributed by atoms with E-state index in [2.05, 4.69) is 5.32 Å². The largest absolute Gasteiger partial charge is 0.495 e. The zero-order chi connectivity index (χ0) is 24.2. The van der Waals surface area contributed by atoms with Gasteiger partial charge in [0, 0.05) is 6.07 Å². The van der Waals surface area contributed by atoms with E-state index < -0.39 is 5.25 Å². The summed E-state index contributed by atoms with van der Waals surface area (Å²) >= 11 is 7.42. The maximum absolute atomic E-state index is 13.3. The van der Waals surface area contributed by atoms with Crippen molar-refractivity contribution >= 4 is 45.9 Å². The van der Waals surface area contributed by atoms with Crippen molar-refractivity contribution in [3.8, 4) is 17.2 Å². The summed E-state index contributed by atoms with van der Waals surface area (Å²) in [6.45, 7) is 1.74. The molecule has 1 unspecified atom stereocenters. The summed E-state index contributed by atoms with van der Waals surface area (Å²) in [5.74, 6) is 0.551. The van der Waals surface area contributed by atoms with Crippen LogP contribution in [0.25, 0.3) is 16.6 Å². The highest BCUT2D eigenvalue weighted by Crippen LogP contribution is 2.36. The summed E-state index contributed by atoms with van der Waals surface area (Å²) in [5, 5.41) is 3.52. The van der Waals surface area contributed by atoms with Crippen LogP contribution in [0.15, 0.2) is 76.7 Å². The molecule has 174 valence electrons. The number of hydrogen-bond donors (Lipinski definition) is 1. The van der Waals surface area contributed by atoms with Gasteiger partial charge in [-0.3, -0.25) is 14.2 Å². The molecular formula is C25H22ClN3O4S. The number of halogens is 1. The van der Waals surface area contributed by atoms with E-state index in [0.717, 1.165) is 0 Å². The van der Waals surface area contributed by atoms with Crippen LogP contribution in [0.1, 0.15) is 6.92 Å². The highest BCUT2D eigenvalue weighted by molar-refractivity contribution is 8.00. The molecule has 0 fully saturated rings. The summed E-state index contributed by atoms with van der Waals surface area (Å²) in [6.07, 6.45) is 0. The van der Waals surface area contributed by atoms with E-state index in [1.165, 1.54) is 30.5 Å². The Morgan fingerprint density at radius 3 is 2.41 bits per heavy atom. The Morgan fingerprint density at radius 1 is 1.03 bits per heavy atom. The molecule has 0 saturated heterocycles. The normalized spacial score (nSPS) is 11.8. The molecule has 4 aromatic rings. The van der Waals surface area contributed by atoms with Crippen molar-refractivity contribution in [2.24, 2.45) is 0 Å². The highest BCUT2D eigenvalue weighted by atomic mass is 35.5. The number of methoxy groups -OCH3 is 2. The molecule has 0 radical (unpaired) electrons. The Morgan fingerprint density at radius 2 is 1.71 bits per heavy atom. The van der Waals surface area contributed by atoms with Crippen molar-refractivity contribution in [1.29, 1.82) is 0 Å². The Kier molecular flexibility index (Phi) is 7.09. The van der Waals surface area contributed by atoms with Crippen molar-refractivity contribution in [3.05, 3.63) is 82.1 Å². The van der Waals surface area contributed by atoms with E-state index in [1.807, 2.05) is 36.4 Å². The van der Waals surface area contributed by atoms with E-state index in [0.29, 0.717) is 44.0 Å². The lowest BCUT2D eigenvalue weighted by Gasteiger charge is -2.18. The summed E-state index contributed by atoms with van der Waals surface area (Å²) in [6, 6.07) is 19.6. The number of hydrogen-bond acceptors (Lipinski definition) is 6. The number of thioether (sulfide) groups is 1. The first-order valence-corrected chi connectivity index (χ1v) is 11.6. The van der Waals surface area contributed by atoms with E-state index >= 15 is 0 Å². The SMILES string of the molecule is COc1cc(OC)c(NC(=O)C(C)Sc2nc3ccccc3c(=O)n2-c2ccccc2)cc1Cl. The van der Waals surface area contributed by atoms with Gasteiger partial charge in [-0.1, -0.05) is 53.7 Å². The third kappa shape index (κ3) is 4.73. The van der Waals surface area contributed by atoms with Gasteiger partial charge in [0.15, 0.2) is 5.16 Å². The minimum Gasteiger partial charge on any atom is -0.495 e. The minimum absolute atomic E-state index is 0.199. The molecule has 3 aromatic carbocycles. The molecule has 0 spiro atoms. The van der Waals surface area contributed by atoms with Crippen molar-refractivity contribution in [2.75, 3.05) is 19.5 Å². The molecule has 0 saturated carbocycles. The number of rotatable bonds is 7. The second kappa shape index (κ2) is 10.2. The number of fused-ring (bicyclic) bond motifs is 1. The maximum atomic E-state index is 13.3. The van der Waals surface area contributed by atoms with Gasteiger partial charge >= 0.3 is 0 Å². The first kappa shape index (κ1) is 23.7. The molecule has 9 heteroatoms. The van der Waals surface area contributed by atoms with Gasteiger partial charge in [-0.15, -0.1) is 0 Å². The number of carbonyl (C=O) groups is 1. The molecular weight excluding hydrogens is 474 g/mol. The average Bonchev–Trinajstić information content (AvgIpc) is 2.85. The Labute approximate surface area is 205 Å². The Hall–Kier alpha value is -3.49. The fourth-order valence-electron chi connectivity index (χ4n) is 3.40. The molecule has 0 aliphatic carbocycles. The van der Waals surface area contributed by atoms with E-state index in [4.69, 9.17) is 26.1 Å². The van der Waals surface area contributed by atoms with Crippen molar-refractivity contribution in [2.45, 2.75) is 17.3 Å². The number of anilines is 1. The third-order valence-electron chi connectivity index (χ3n) is 5.14. The van der Waals surface area contributed by atoms with Crippen molar-refractivity contribution < 1.29 is 14.3 Å². The number of nitrogens with zero attached hydrogens (tertiary/aromatic N) is 2. The lowest BCUT2D eigenvalue weighted by atomic mass is 10.2. The molecule has 0 aliphatic rings. The minimum atomic E-state index is -0.589. The second-order valence-corrected chi connectivity index (χ2v) is 9.04. The molecule has 1 amide bonds. The number of para-hydroxylation sites is 2. The Bertz CT molecular complexity index is 1410. The predicted molar refractivity (Wildman–Crippen MR) is 136 cm³/mol. The summed E-state index contributed by atoms with van der Waals surface area (Å²) in [7, 11) is 2.99. The van der Waals surface area contributed by atoms with Gasteiger partial charge in [0.2, 0.25) is 5.91 Å². The van der Waals surface area contributed by atoms with Gasteiger partial charge in [-0.2, -0.15) is 0 Å². The fraction of sp³-hybridized carbons (Fsp3) is 0.160. The number of benzene rings is 3. The molecule has 34 heavy (non-hydrogen) atoms. The highest BCUT2D eigenvalue weighted by Gasteiger charge is 2.22. The van der Waals surface area contributed by atoms with Crippen LogP contribution in [0.4, 0.5) is 5.69 Å². The molecule has 1 heterocycles. The maximum Gasteiger partial charge on any atom is 0.266 e. The molecule has 7 nitrogen and oxygen atoms in total. The lowest BCUT2D eigenvalue weighted by molar-refractivity contribution is -0.115. The zero-order valence-corrected chi connectivity index (χ0v) is 20.3. The quantitative estimate of drug-likeness (QED) is 0.281. The van der Waals surface area contributed by atoms with Crippen LogP contribution in [0, 0.1) is 0 Å². The number of nitrogens with one attached hydrogen (secondary N) is 1. The van der Waals surface area contributed by atoms with Crippen molar-refractivity contribution in [1.82, 2.24) is 9.55 Å². The van der Waals surface area contributed by atoms with Crippen LogP contribution in [0.5, 0.6) is 11.5 Å². The van der Waals surface area contributed by atoms with Crippen LogP contribution in [-0.4, -0.2) is 34.9 Å². The molecule has 0 bridgehead atoms. The molecule has 1 aromatic heterocycles. The summed E-state index contributed by atoms with van der Waals surface area (Å²) in [4.78, 5) is 31.1. The van der Waals surface area contributed by atoms with Crippen LogP contribution in [0.3, 0.4) is 0 Å². The van der Waals surface area contributed by atoms with Gasteiger partial charge in [0.25, 0.3) is 5.56 Å². The number of amides is 1. The van der Waals surface area contributed by atoms with Crippen LogP contribution in [0.2, 0.25) is 5.02 Å². The molecule has 4 rings (SSSR count). The monoisotopic (exact) mass is 495 g/mol. The zero-order valence-electron chi connectivity index (χ0n) is 18.7. The fourth-order valence-corrected chi connectivity index (χ4v) is 4.57. The summed E-state index contributed by atoms with van der Waals surface area (Å²) in [5.41, 5.74) is 1.45.